The SMILES string of the molecule is CC(C)NCCCc1nnc(-c2cccc(=O)[nH]2)o1. The second kappa shape index (κ2) is 6.29. The molecule has 0 aliphatic rings. The van der Waals surface area contributed by atoms with Crippen LogP contribution < -0.4 is 10.9 Å². The van der Waals surface area contributed by atoms with Crippen molar-refractivity contribution in [3.05, 3.63) is 34.4 Å². The highest BCUT2D eigenvalue weighted by molar-refractivity contribution is 5.44. The Balaban J connectivity index is 1.94. The minimum absolute atomic E-state index is 0.182. The zero-order chi connectivity index (χ0) is 13.7. The van der Waals surface area contributed by atoms with Crippen LogP contribution >= 0.6 is 0 Å². The number of rotatable bonds is 6. The first-order valence-electron chi connectivity index (χ1n) is 6.40. The van der Waals surface area contributed by atoms with Crippen molar-refractivity contribution in [2.75, 3.05) is 6.54 Å². The lowest BCUT2D eigenvalue weighted by atomic mass is 10.3. The Morgan fingerprint density at radius 3 is 2.95 bits per heavy atom. The predicted molar refractivity (Wildman–Crippen MR) is 71.8 cm³/mol. The Morgan fingerprint density at radius 1 is 1.37 bits per heavy atom. The Hall–Kier alpha value is -1.95. The molecule has 0 unspecified atom stereocenters. The van der Waals surface area contributed by atoms with Crippen LogP contribution in [0.1, 0.15) is 26.2 Å². The van der Waals surface area contributed by atoms with E-state index >= 15 is 0 Å². The van der Waals surface area contributed by atoms with Crippen LogP contribution in [0.25, 0.3) is 11.6 Å². The summed E-state index contributed by atoms with van der Waals surface area (Å²) in [5, 5.41) is 11.2. The molecular weight excluding hydrogens is 244 g/mol. The Morgan fingerprint density at radius 2 is 2.21 bits per heavy atom. The summed E-state index contributed by atoms with van der Waals surface area (Å²) in [6.45, 7) is 5.13. The summed E-state index contributed by atoms with van der Waals surface area (Å²) in [7, 11) is 0. The van der Waals surface area contributed by atoms with Gasteiger partial charge >= 0.3 is 0 Å². The quantitative estimate of drug-likeness (QED) is 0.768. The van der Waals surface area contributed by atoms with E-state index in [0.29, 0.717) is 23.5 Å². The molecule has 0 fully saturated rings. The van der Waals surface area contributed by atoms with Gasteiger partial charge in [-0.25, -0.2) is 0 Å². The second-order valence-corrected chi connectivity index (χ2v) is 4.64. The van der Waals surface area contributed by atoms with Crippen LogP contribution in [-0.2, 0) is 6.42 Å². The summed E-state index contributed by atoms with van der Waals surface area (Å²) in [6.07, 6.45) is 1.66. The molecule has 0 amide bonds. The molecule has 6 heteroatoms. The van der Waals surface area contributed by atoms with Gasteiger partial charge in [0.15, 0.2) is 0 Å². The number of H-pyrrole nitrogens is 1. The van der Waals surface area contributed by atoms with E-state index in [1.807, 2.05) is 0 Å². The van der Waals surface area contributed by atoms with Gasteiger partial charge in [0, 0.05) is 18.5 Å². The molecule has 0 bridgehead atoms. The van der Waals surface area contributed by atoms with Gasteiger partial charge < -0.3 is 14.7 Å². The lowest BCUT2D eigenvalue weighted by Crippen LogP contribution is -2.23. The van der Waals surface area contributed by atoms with E-state index in [2.05, 4.69) is 34.3 Å². The maximum atomic E-state index is 11.2. The van der Waals surface area contributed by atoms with Gasteiger partial charge in [-0.3, -0.25) is 4.79 Å². The van der Waals surface area contributed by atoms with Crippen molar-refractivity contribution in [2.45, 2.75) is 32.7 Å². The van der Waals surface area contributed by atoms with Gasteiger partial charge in [0.1, 0.15) is 5.69 Å². The number of hydrogen-bond donors (Lipinski definition) is 2. The first kappa shape index (κ1) is 13.5. The number of nitrogens with one attached hydrogen (secondary N) is 2. The van der Waals surface area contributed by atoms with E-state index < -0.39 is 0 Å². The van der Waals surface area contributed by atoms with E-state index in [4.69, 9.17) is 4.42 Å². The lowest BCUT2D eigenvalue weighted by Gasteiger charge is -2.05. The lowest BCUT2D eigenvalue weighted by molar-refractivity contribution is 0.483. The molecule has 2 heterocycles. The van der Waals surface area contributed by atoms with E-state index in [1.54, 1.807) is 12.1 Å². The number of aromatic nitrogens is 3. The minimum Gasteiger partial charge on any atom is -0.419 e. The predicted octanol–water partition coefficient (Wildman–Crippen LogP) is 1.36. The molecule has 2 N–H and O–H groups in total. The highest BCUT2D eigenvalue weighted by atomic mass is 16.4. The summed E-state index contributed by atoms with van der Waals surface area (Å²) in [5.41, 5.74) is 0.366. The normalized spacial score (nSPS) is 11.1. The van der Waals surface area contributed by atoms with Crippen molar-refractivity contribution in [2.24, 2.45) is 0 Å². The van der Waals surface area contributed by atoms with Crippen LogP contribution in [-0.4, -0.2) is 27.8 Å². The molecule has 0 aliphatic carbocycles. The second-order valence-electron chi connectivity index (χ2n) is 4.64. The number of aryl methyl sites for hydroxylation is 1. The van der Waals surface area contributed by atoms with E-state index in [0.717, 1.165) is 19.4 Å². The monoisotopic (exact) mass is 262 g/mol. The first-order chi connectivity index (χ1) is 9.15. The zero-order valence-corrected chi connectivity index (χ0v) is 11.1. The first-order valence-corrected chi connectivity index (χ1v) is 6.40. The van der Waals surface area contributed by atoms with E-state index in [9.17, 15) is 4.79 Å². The molecule has 0 spiro atoms. The average molecular weight is 262 g/mol. The van der Waals surface area contributed by atoms with Crippen LogP contribution in [0.5, 0.6) is 0 Å². The standard InChI is InChI=1S/C13H18N4O2/c1-9(2)14-8-4-7-12-16-17-13(19-12)10-5-3-6-11(18)15-10/h3,5-6,9,14H,4,7-8H2,1-2H3,(H,15,18). The molecule has 6 nitrogen and oxygen atoms in total. The number of nitrogens with zero attached hydrogens (tertiary/aromatic N) is 2. The number of pyridine rings is 1. The number of aromatic amines is 1. The molecule has 102 valence electrons. The van der Waals surface area contributed by atoms with Crippen molar-refractivity contribution in [1.82, 2.24) is 20.5 Å². The maximum absolute atomic E-state index is 11.2. The smallest absolute Gasteiger partial charge is 0.264 e. The van der Waals surface area contributed by atoms with Crippen molar-refractivity contribution in [1.29, 1.82) is 0 Å². The summed E-state index contributed by atoms with van der Waals surface area (Å²) in [4.78, 5) is 13.8. The summed E-state index contributed by atoms with van der Waals surface area (Å²) >= 11 is 0. The Labute approximate surface area is 111 Å². The van der Waals surface area contributed by atoms with Gasteiger partial charge in [-0.2, -0.15) is 0 Å². The van der Waals surface area contributed by atoms with Crippen LogP contribution in [0.3, 0.4) is 0 Å². The molecule has 0 saturated carbocycles. The molecule has 2 rings (SSSR count). The van der Waals surface area contributed by atoms with Gasteiger partial charge in [-0.1, -0.05) is 19.9 Å². The summed E-state index contributed by atoms with van der Waals surface area (Å²) in [6, 6.07) is 5.31. The fourth-order valence-electron chi connectivity index (χ4n) is 1.67. The summed E-state index contributed by atoms with van der Waals surface area (Å²) in [5.74, 6) is 0.940. The summed E-state index contributed by atoms with van der Waals surface area (Å²) < 4.78 is 5.51. The largest absolute Gasteiger partial charge is 0.419 e. The van der Waals surface area contributed by atoms with Crippen molar-refractivity contribution in [3.8, 4) is 11.6 Å². The zero-order valence-electron chi connectivity index (χ0n) is 11.1. The van der Waals surface area contributed by atoms with Crippen LogP contribution in [0.4, 0.5) is 0 Å². The van der Waals surface area contributed by atoms with Gasteiger partial charge in [0.25, 0.3) is 5.89 Å². The molecule has 19 heavy (non-hydrogen) atoms. The van der Waals surface area contributed by atoms with Gasteiger partial charge in [-0.15, -0.1) is 10.2 Å². The third kappa shape index (κ3) is 4.03. The van der Waals surface area contributed by atoms with Gasteiger partial charge in [-0.05, 0) is 19.0 Å². The third-order valence-corrected chi connectivity index (χ3v) is 2.59. The fourth-order valence-corrected chi connectivity index (χ4v) is 1.67. The fraction of sp³-hybridized carbons (Fsp3) is 0.462. The Kier molecular flexibility index (Phi) is 4.46. The Bertz CT molecular complexity index is 574. The average Bonchev–Trinajstić information content (AvgIpc) is 2.83. The topological polar surface area (TPSA) is 83.8 Å². The van der Waals surface area contributed by atoms with Gasteiger partial charge in [0.05, 0.1) is 0 Å². The van der Waals surface area contributed by atoms with E-state index in [1.165, 1.54) is 6.07 Å². The molecule has 0 radical (unpaired) electrons. The highest BCUT2D eigenvalue weighted by Crippen LogP contribution is 2.13. The molecule has 2 aromatic rings. The van der Waals surface area contributed by atoms with Gasteiger partial charge in [0.2, 0.25) is 11.4 Å². The molecule has 0 saturated heterocycles. The van der Waals surface area contributed by atoms with Crippen LogP contribution in [0.15, 0.2) is 27.4 Å². The van der Waals surface area contributed by atoms with Crippen molar-refractivity contribution < 1.29 is 4.42 Å². The minimum atomic E-state index is -0.182. The third-order valence-electron chi connectivity index (χ3n) is 2.59. The maximum Gasteiger partial charge on any atom is 0.264 e. The molecule has 2 aromatic heterocycles. The van der Waals surface area contributed by atoms with Crippen molar-refractivity contribution in [3.63, 3.8) is 0 Å². The molecule has 0 aromatic carbocycles. The highest BCUT2D eigenvalue weighted by Gasteiger charge is 2.08. The molecule has 0 aliphatic heterocycles. The van der Waals surface area contributed by atoms with E-state index in [-0.39, 0.29) is 5.56 Å². The number of hydrogen-bond acceptors (Lipinski definition) is 5. The van der Waals surface area contributed by atoms with Crippen LogP contribution in [0, 0.1) is 0 Å². The molecule has 0 atom stereocenters. The molecular formula is C13H18N4O2. The van der Waals surface area contributed by atoms with Crippen LogP contribution in [0.2, 0.25) is 0 Å². The van der Waals surface area contributed by atoms with Crippen molar-refractivity contribution >= 4 is 0 Å².